The van der Waals surface area contributed by atoms with Gasteiger partial charge in [0, 0.05) is 0 Å². The SMILES string of the molecule is CCC(O)(CC)CNC#N. The molecule has 0 heterocycles. The van der Waals surface area contributed by atoms with E-state index in [1.165, 1.54) is 0 Å². The molecule has 0 saturated carbocycles. The van der Waals surface area contributed by atoms with Gasteiger partial charge in [-0.1, -0.05) is 13.8 Å². The summed E-state index contributed by atoms with van der Waals surface area (Å²) in [6.45, 7) is 4.17. The molecule has 0 fully saturated rings. The minimum Gasteiger partial charge on any atom is -0.388 e. The lowest BCUT2D eigenvalue weighted by molar-refractivity contribution is 0.0362. The van der Waals surface area contributed by atoms with Gasteiger partial charge in [0.15, 0.2) is 6.19 Å². The predicted molar refractivity (Wildman–Crippen MR) is 39.1 cm³/mol. The number of aliphatic hydroxyl groups is 1. The fourth-order valence-electron chi connectivity index (χ4n) is 0.704. The molecule has 0 aromatic rings. The van der Waals surface area contributed by atoms with Crippen LogP contribution < -0.4 is 5.32 Å². The Hall–Kier alpha value is -0.750. The van der Waals surface area contributed by atoms with E-state index in [-0.39, 0.29) is 0 Å². The molecule has 3 heteroatoms. The molecule has 10 heavy (non-hydrogen) atoms. The predicted octanol–water partition coefficient (Wildman–Crippen LogP) is 0.608. The normalized spacial score (nSPS) is 10.6. The number of hydrogen-bond acceptors (Lipinski definition) is 3. The van der Waals surface area contributed by atoms with E-state index in [1.807, 2.05) is 13.8 Å². The van der Waals surface area contributed by atoms with Crippen molar-refractivity contribution in [2.45, 2.75) is 32.3 Å². The summed E-state index contributed by atoms with van der Waals surface area (Å²) in [5, 5.41) is 20.1. The molecule has 3 nitrogen and oxygen atoms in total. The molecule has 0 bridgehead atoms. The van der Waals surface area contributed by atoms with Crippen LogP contribution in [0.5, 0.6) is 0 Å². The van der Waals surface area contributed by atoms with Gasteiger partial charge in [-0.05, 0) is 12.8 Å². The Bertz CT molecular complexity index is 124. The lowest BCUT2D eigenvalue weighted by Crippen LogP contribution is -2.37. The van der Waals surface area contributed by atoms with Gasteiger partial charge in [0.25, 0.3) is 0 Å². The zero-order chi connectivity index (χ0) is 8.04. The Morgan fingerprint density at radius 1 is 1.50 bits per heavy atom. The average Bonchev–Trinajstić information content (AvgIpc) is 2.00. The molecule has 0 atom stereocenters. The summed E-state index contributed by atoms with van der Waals surface area (Å²) in [6, 6.07) is 0. The van der Waals surface area contributed by atoms with Crippen molar-refractivity contribution in [1.82, 2.24) is 5.32 Å². The van der Waals surface area contributed by atoms with Gasteiger partial charge < -0.3 is 10.4 Å². The van der Waals surface area contributed by atoms with E-state index in [1.54, 1.807) is 6.19 Å². The summed E-state index contributed by atoms with van der Waals surface area (Å²) < 4.78 is 0. The fraction of sp³-hybridized carbons (Fsp3) is 0.857. The first-order valence-electron chi connectivity index (χ1n) is 3.53. The van der Waals surface area contributed by atoms with Crippen LogP contribution >= 0.6 is 0 Å². The quantitative estimate of drug-likeness (QED) is 0.446. The maximum absolute atomic E-state index is 9.55. The first-order valence-corrected chi connectivity index (χ1v) is 3.53. The van der Waals surface area contributed by atoms with E-state index in [9.17, 15) is 5.11 Å². The molecule has 2 N–H and O–H groups in total. The van der Waals surface area contributed by atoms with Crippen LogP contribution in [-0.4, -0.2) is 17.3 Å². The molecule has 0 aliphatic rings. The highest BCUT2D eigenvalue weighted by Gasteiger charge is 2.20. The summed E-state index contributed by atoms with van der Waals surface area (Å²) in [5.74, 6) is 0. The van der Waals surface area contributed by atoms with Gasteiger partial charge in [-0.3, -0.25) is 0 Å². The monoisotopic (exact) mass is 142 g/mol. The van der Waals surface area contributed by atoms with Gasteiger partial charge in [-0.15, -0.1) is 0 Å². The molecular formula is C7H14N2O. The number of nitrogens with zero attached hydrogens (tertiary/aromatic N) is 1. The summed E-state index contributed by atoms with van der Waals surface area (Å²) in [6.07, 6.45) is 3.14. The second-order valence-corrected chi connectivity index (χ2v) is 2.40. The molecule has 0 radical (unpaired) electrons. The summed E-state index contributed by atoms with van der Waals surface area (Å²) in [4.78, 5) is 0. The maximum Gasteiger partial charge on any atom is 0.176 e. The Balaban J connectivity index is 3.71. The van der Waals surface area contributed by atoms with Crippen LogP contribution in [0.1, 0.15) is 26.7 Å². The minimum atomic E-state index is -0.699. The first kappa shape index (κ1) is 9.25. The highest BCUT2D eigenvalue weighted by atomic mass is 16.3. The lowest BCUT2D eigenvalue weighted by atomic mass is 9.98. The highest BCUT2D eigenvalue weighted by Crippen LogP contribution is 2.12. The average molecular weight is 142 g/mol. The molecule has 0 aliphatic carbocycles. The summed E-state index contributed by atoms with van der Waals surface area (Å²) >= 11 is 0. The fourth-order valence-corrected chi connectivity index (χ4v) is 0.704. The molecule has 0 aromatic carbocycles. The molecule has 0 unspecified atom stereocenters. The molecule has 0 aromatic heterocycles. The Morgan fingerprint density at radius 2 is 2.00 bits per heavy atom. The summed E-state index contributed by atoms with van der Waals surface area (Å²) in [5.41, 5.74) is -0.699. The van der Waals surface area contributed by atoms with Crippen molar-refractivity contribution in [2.24, 2.45) is 0 Å². The third-order valence-electron chi connectivity index (χ3n) is 1.81. The van der Waals surface area contributed by atoms with E-state index in [0.29, 0.717) is 19.4 Å². The van der Waals surface area contributed by atoms with Crippen LogP contribution in [0, 0.1) is 11.5 Å². The lowest BCUT2D eigenvalue weighted by Gasteiger charge is -2.23. The Kier molecular flexibility index (Phi) is 3.82. The second kappa shape index (κ2) is 4.13. The van der Waals surface area contributed by atoms with E-state index >= 15 is 0 Å². The van der Waals surface area contributed by atoms with Gasteiger partial charge in [0.1, 0.15) is 0 Å². The standard InChI is InChI=1S/C7H14N2O/c1-3-7(10,4-2)5-9-6-8/h9-10H,3-5H2,1-2H3. The molecule has 0 aliphatic heterocycles. The van der Waals surface area contributed by atoms with Gasteiger partial charge >= 0.3 is 0 Å². The number of rotatable bonds is 4. The zero-order valence-electron chi connectivity index (χ0n) is 6.52. The van der Waals surface area contributed by atoms with Crippen LogP contribution in [-0.2, 0) is 0 Å². The van der Waals surface area contributed by atoms with E-state index in [2.05, 4.69) is 5.32 Å². The number of nitriles is 1. The van der Waals surface area contributed by atoms with Crippen LogP contribution in [0.4, 0.5) is 0 Å². The number of hydrogen-bond donors (Lipinski definition) is 2. The maximum atomic E-state index is 9.55. The first-order chi connectivity index (χ1) is 4.68. The van der Waals surface area contributed by atoms with E-state index in [4.69, 9.17) is 5.26 Å². The second-order valence-electron chi connectivity index (χ2n) is 2.40. The van der Waals surface area contributed by atoms with Crippen LogP contribution in [0.15, 0.2) is 0 Å². The largest absolute Gasteiger partial charge is 0.388 e. The van der Waals surface area contributed by atoms with Crippen molar-refractivity contribution in [1.29, 1.82) is 5.26 Å². The van der Waals surface area contributed by atoms with Gasteiger partial charge in [-0.25, -0.2) is 0 Å². The molecule has 0 rings (SSSR count). The van der Waals surface area contributed by atoms with Crippen molar-refractivity contribution >= 4 is 0 Å². The van der Waals surface area contributed by atoms with Crippen molar-refractivity contribution in [2.75, 3.05) is 6.54 Å². The van der Waals surface area contributed by atoms with Crippen LogP contribution in [0.2, 0.25) is 0 Å². The van der Waals surface area contributed by atoms with Crippen molar-refractivity contribution in [3.05, 3.63) is 0 Å². The number of nitrogens with one attached hydrogen (secondary N) is 1. The summed E-state index contributed by atoms with van der Waals surface area (Å²) in [7, 11) is 0. The Labute approximate surface area is 61.7 Å². The zero-order valence-corrected chi connectivity index (χ0v) is 6.52. The Morgan fingerprint density at radius 3 is 2.30 bits per heavy atom. The van der Waals surface area contributed by atoms with Crippen LogP contribution in [0.3, 0.4) is 0 Å². The third kappa shape index (κ3) is 2.70. The van der Waals surface area contributed by atoms with E-state index < -0.39 is 5.60 Å². The molecule has 0 saturated heterocycles. The van der Waals surface area contributed by atoms with Gasteiger partial charge in [0.05, 0.1) is 12.1 Å². The topological polar surface area (TPSA) is 56.0 Å². The third-order valence-corrected chi connectivity index (χ3v) is 1.81. The van der Waals surface area contributed by atoms with Gasteiger partial charge in [0.2, 0.25) is 0 Å². The van der Waals surface area contributed by atoms with E-state index in [0.717, 1.165) is 0 Å². The molecule has 58 valence electrons. The molecular weight excluding hydrogens is 128 g/mol. The van der Waals surface area contributed by atoms with Crippen molar-refractivity contribution in [3.8, 4) is 6.19 Å². The van der Waals surface area contributed by atoms with Crippen LogP contribution in [0.25, 0.3) is 0 Å². The van der Waals surface area contributed by atoms with Crippen molar-refractivity contribution in [3.63, 3.8) is 0 Å². The highest BCUT2D eigenvalue weighted by molar-refractivity contribution is 4.81. The molecule has 0 spiro atoms. The van der Waals surface area contributed by atoms with Crippen molar-refractivity contribution < 1.29 is 5.11 Å². The minimum absolute atomic E-state index is 0.358. The smallest absolute Gasteiger partial charge is 0.176 e. The van der Waals surface area contributed by atoms with Gasteiger partial charge in [-0.2, -0.15) is 5.26 Å². The molecule has 0 amide bonds.